The van der Waals surface area contributed by atoms with Crippen molar-refractivity contribution in [1.29, 1.82) is 0 Å². The van der Waals surface area contributed by atoms with E-state index in [-0.39, 0.29) is 30.1 Å². The molecule has 1 aromatic heterocycles. The molecule has 1 unspecified atom stereocenters. The maximum atomic E-state index is 12.5. The number of anilines is 1. The van der Waals surface area contributed by atoms with E-state index >= 15 is 0 Å². The zero-order valence-electron chi connectivity index (χ0n) is 30.3. The predicted octanol–water partition coefficient (Wildman–Crippen LogP) is 3.22. The largest absolute Gasteiger partial charge is 0.507 e. The van der Waals surface area contributed by atoms with Crippen molar-refractivity contribution in [1.82, 2.24) is 15.2 Å². The molecule has 4 N–H and O–H groups in total. The van der Waals surface area contributed by atoms with Gasteiger partial charge in [0.1, 0.15) is 23.9 Å². The molecule has 0 aliphatic carbocycles. The first-order valence-electron chi connectivity index (χ1n) is 18.3. The molecule has 3 atom stereocenters. The Hall–Kier alpha value is -4.24. The fraction of sp³-hybridized carbons (Fsp3) is 0.579. The van der Waals surface area contributed by atoms with Gasteiger partial charge < -0.3 is 49.6 Å². The number of nitrogens with one attached hydrogen (secondary N) is 1. The molecule has 2 aromatic rings. The Kier molecular flexibility index (Phi) is 17.6. The Morgan fingerprint density at radius 3 is 2.27 bits per heavy atom. The maximum absolute atomic E-state index is 12.5. The SMILES string of the molecule is C[C@@H]1C2[C@H](CN1c1cc(OCCCCCCCCC(=O)NCCOCCOCCOCCOCC(N)=O)ccn1)N2/C=C/C(=O)c1ccccc1O. The molecule has 14 nitrogen and oxygen atoms in total. The number of unbranched alkanes of at least 4 members (excludes halogenated alkanes) is 5. The molecule has 14 heteroatoms. The van der Waals surface area contributed by atoms with Crippen LogP contribution in [0.4, 0.5) is 5.82 Å². The number of ether oxygens (including phenoxy) is 5. The van der Waals surface area contributed by atoms with Gasteiger partial charge in [0.05, 0.1) is 76.5 Å². The Morgan fingerprint density at radius 1 is 0.904 bits per heavy atom. The van der Waals surface area contributed by atoms with Gasteiger partial charge in [0.2, 0.25) is 11.8 Å². The number of hydrogen-bond acceptors (Lipinski definition) is 12. The lowest BCUT2D eigenvalue weighted by Crippen LogP contribution is -2.36. The van der Waals surface area contributed by atoms with Gasteiger partial charge in [-0.05, 0) is 38.0 Å². The minimum absolute atomic E-state index is 0.00616. The number of primary amides is 1. The van der Waals surface area contributed by atoms with E-state index in [9.17, 15) is 19.5 Å². The number of amides is 2. The standard InChI is InChI=1S/C38H55N5O9/c1-29-38-32(42(38)17-14-34(45)31-10-7-8-11-33(31)44)27-43(29)36-26-30(13-15-40-36)52-18-9-5-3-2-4-6-12-37(47)41-16-19-48-20-21-49-22-23-50-24-25-51-28-35(39)46/h7-8,10-11,13-15,17,26,29,32,38,44H,2-6,9,12,16,18-25,27-28H2,1H3,(H2,39,46)(H,41,47)/b17-14+/t29-,32+,38?,42?/m1/s1. The molecule has 2 fully saturated rings. The first-order chi connectivity index (χ1) is 25.3. The second kappa shape index (κ2) is 22.6. The van der Waals surface area contributed by atoms with Gasteiger partial charge in [0.15, 0.2) is 5.78 Å². The second-order valence-electron chi connectivity index (χ2n) is 12.9. The highest BCUT2D eigenvalue weighted by Gasteiger charge is 2.57. The van der Waals surface area contributed by atoms with Crippen LogP contribution in [0.1, 0.15) is 62.2 Å². The number of nitrogens with two attached hydrogens (primary N) is 1. The molecule has 0 radical (unpaired) electrons. The Labute approximate surface area is 306 Å². The molecule has 286 valence electrons. The average molecular weight is 726 g/mol. The predicted molar refractivity (Wildman–Crippen MR) is 195 cm³/mol. The number of phenolic OH excluding ortho intramolecular Hbond substituents is 1. The summed E-state index contributed by atoms with van der Waals surface area (Å²) in [7, 11) is 0. The fourth-order valence-corrected chi connectivity index (χ4v) is 6.20. The summed E-state index contributed by atoms with van der Waals surface area (Å²) in [6.45, 7) is 6.89. The van der Waals surface area contributed by atoms with Gasteiger partial charge in [0, 0.05) is 44.0 Å². The van der Waals surface area contributed by atoms with Crippen LogP contribution in [0.25, 0.3) is 0 Å². The van der Waals surface area contributed by atoms with Gasteiger partial charge in [-0.2, -0.15) is 0 Å². The number of piperazine rings is 1. The molecule has 3 heterocycles. The molecule has 0 spiro atoms. The molecule has 52 heavy (non-hydrogen) atoms. The van der Waals surface area contributed by atoms with Crippen LogP contribution < -0.4 is 20.7 Å². The highest BCUT2D eigenvalue weighted by molar-refractivity contribution is 6.06. The van der Waals surface area contributed by atoms with Crippen molar-refractivity contribution in [3.05, 3.63) is 60.4 Å². The van der Waals surface area contributed by atoms with Crippen LogP contribution in [0.2, 0.25) is 0 Å². The molecule has 2 saturated heterocycles. The highest BCUT2D eigenvalue weighted by Crippen LogP contribution is 2.42. The maximum Gasteiger partial charge on any atom is 0.243 e. The number of phenols is 1. The van der Waals surface area contributed by atoms with Crippen molar-refractivity contribution in [2.45, 2.75) is 70.0 Å². The average Bonchev–Trinajstić information content (AvgIpc) is 3.72. The van der Waals surface area contributed by atoms with E-state index in [1.807, 2.05) is 18.3 Å². The van der Waals surface area contributed by atoms with Crippen LogP contribution in [0.5, 0.6) is 11.5 Å². The number of pyridine rings is 1. The number of para-hydroxylation sites is 1. The summed E-state index contributed by atoms with van der Waals surface area (Å²) in [6, 6.07) is 11.4. The van der Waals surface area contributed by atoms with Crippen LogP contribution in [0.15, 0.2) is 54.9 Å². The van der Waals surface area contributed by atoms with Gasteiger partial charge in [-0.25, -0.2) is 4.98 Å². The van der Waals surface area contributed by atoms with Crippen LogP contribution in [-0.4, -0.2) is 123 Å². The van der Waals surface area contributed by atoms with E-state index < -0.39 is 5.91 Å². The Morgan fingerprint density at radius 2 is 1.58 bits per heavy atom. The van der Waals surface area contributed by atoms with E-state index in [0.717, 1.165) is 56.6 Å². The third-order valence-corrected chi connectivity index (χ3v) is 8.98. The molecule has 2 amide bonds. The number of nitrogens with zero attached hydrogens (tertiary/aromatic N) is 3. The number of hydrogen-bond donors (Lipinski definition) is 3. The third-order valence-electron chi connectivity index (χ3n) is 8.98. The van der Waals surface area contributed by atoms with Gasteiger partial charge >= 0.3 is 0 Å². The number of ketones is 1. The van der Waals surface area contributed by atoms with E-state index in [2.05, 4.69) is 27.0 Å². The van der Waals surface area contributed by atoms with Crippen molar-refractivity contribution in [2.75, 3.05) is 77.5 Å². The molecular formula is C38H55N5O9. The summed E-state index contributed by atoms with van der Waals surface area (Å²) in [5, 5.41) is 12.8. The molecular weight excluding hydrogens is 670 g/mol. The number of carbonyl (C=O) groups excluding carboxylic acids is 3. The number of aromatic hydroxyl groups is 1. The van der Waals surface area contributed by atoms with Crippen molar-refractivity contribution < 1.29 is 43.2 Å². The normalized spacial score (nSPS) is 17.8. The van der Waals surface area contributed by atoms with Gasteiger partial charge in [-0.1, -0.05) is 37.8 Å². The van der Waals surface area contributed by atoms with E-state index in [4.69, 9.17) is 29.4 Å². The number of fused-ring (bicyclic) bond motifs is 1. The smallest absolute Gasteiger partial charge is 0.243 e. The quantitative estimate of drug-likeness (QED) is 0.0507. The number of benzene rings is 1. The lowest BCUT2D eigenvalue weighted by atomic mass is 10.1. The van der Waals surface area contributed by atoms with E-state index in [1.54, 1.807) is 24.4 Å². The molecule has 2 aliphatic heterocycles. The number of allylic oxidation sites excluding steroid dienone is 1. The van der Waals surface area contributed by atoms with Crippen LogP contribution in [-0.2, 0) is 28.5 Å². The first-order valence-corrected chi connectivity index (χ1v) is 18.3. The summed E-state index contributed by atoms with van der Waals surface area (Å²) in [4.78, 5) is 44.2. The van der Waals surface area contributed by atoms with E-state index in [0.29, 0.717) is 83.5 Å². The molecule has 2 aliphatic rings. The van der Waals surface area contributed by atoms with Gasteiger partial charge in [-0.3, -0.25) is 14.4 Å². The summed E-state index contributed by atoms with van der Waals surface area (Å²) < 4.78 is 27.2. The Bertz CT molecular complexity index is 1430. The van der Waals surface area contributed by atoms with Crippen molar-refractivity contribution in [3.63, 3.8) is 0 Å². The van der Waals surface area contributed by atoms with Crippen molar-refractivity contribution in [2.24, 2.45) is 5.73 Å². The summed E-state index contributed by atoms with van der Waals surface area (Å²) in [6.07, 6.45) is 11.8. The summed E-state index contributed by atoms with van der Waals surface area (Å²) in [5.74, 6) is 1.05. The number of aromatic nitrogens is 1. The lowest BCUT2D eigenvalue weighted by Gasteiger charge is -2.27. The fourth-order valence-electron chi connectivity index (χ4n) is 6.20. The highest BCUT2D eigenvalue weighted by atomic mass is 16.6. The van der Waals surface area contributed by atoms with Crippen LogP contribution in [0, 0.1) is 0 Å². The van der Waals surface area contributed by atoms with E-state index in [1.165, 1.54) is 12.1 Å². The monoisotopic (exact) mass is 725 g/mol. The summed E-state index contributed by atoms with van der Waals surface area (Å²) >= 11 is 0. The zero-order chi connectivity index (χ0) is 37.0. The lowest BCUT2D eigenvalue weighted by molar-refractivity contribution is -0.123. The second-order valence-corrected chi connectivity index (χ2v) is 12.9. The van der Waals surface area contributed by atoms with Gasteiger partial charge in [-0.15, -0.1) is 0 Å². The van der Waals surface area contributed by atoms with Gasteiger partial charge in [0.25, 0.3) is 0 Å². The minimum Gasteiger partial charge on any atom is -0.507 e. The molecule has 0 saturated carbocycles. The van der Waals surface area contributed by atoms with Crippen LogP contribution in [0.3, 0.4) is 0 Å². The first kappa shape index (κ1) is 40.5. The minimum atomic E-state index is -0.504. The van der Waals surface area contributed by atoms with Crippen LogP contribution >= 0.6 is 0 Å². The van der Waals surface area contributed by atoms with Crippen molar-refractivity contribution in [3.8, 4) is 11.5 Å². The van der Waals surface area contributed by atoms with Crippen molar-refractivity contribution >= 4 is 23.4 Å². The number of carbonyl (C=O) groups is 3. The topological polar surface area (TPSA) is 175 Å². The molecule has 0 bridgehead atoms. The molecule has 4 rings (SSSR count). The number of rotatable bonds is 28. The molecule has 1 aromatic carbocycles. The third kappa shape index (κ3) is 14.1. The summed E-state index contributed by atoms with van der Waals surface area (Å²) in [5.41, 5.74) is 5.28. The zero-order valence-corrected chi connectivity index (χ0v) is 30.3. The Balaban J connectivity index is 0.941.